The van der Waals surface area contributed by atoms with E-state index in [1.54, 1.807) is 60.7 Å². The van der Waals surface area contributed by atoms with Crippen LogP contribution in [0.2, 0.25) is 0 Å². The molecule has 3 aromatic rings. The van der Waals surface area contributed by atoms with Crippen molar-refractivity contribution in [1.29, 1.82) is 0 Å². The highest BCUT2D eigenvalue weighted by molar-refractivity contribution is 6.39. The summed E-state index contributed by atoms with van der Waals surface area (Å²) in [6.07, 6.45) is 1.35. The normalized spacial score (nSPS) is 14.6. The van der Waals surface area contributed by atoms with Gasteiger partial charge in [-0.1, -0.05) is 53.6 Å². The quantitative estimate of drug-likeness (QED) is 0.420. The Morgan fingerprint density at radius 2 is 1.54 bits per heavy atom. The molecule has 0 spiro atoms. The second kappa shape index (κ2) is 10.0. The predicted molar refractivity (Wildman–Crippen MR) is 132 cm³/mol. The lowest BCUT2D eigenvalue weighted by Gasteiger charge is -2.26. The molecule has 35 heavy (non-hydrogen) atoms. The minimum absolute atomic E-state index is 0.231. The van der Waals surface area contributed by atoms with E-state index in [0.29, 0.717) is 22.7 Å². The molecule has 3 aromatic carbocycles. The molecule has 4 rings (SSSR count). The maximum Gasteiger partial charge on any atom is 0.335 e. The number of carbonyl (C=O) groups is 4. The number of urea groups is 1. The van der Waals surface area contributed by atoms with Gasteiger partial charge in [0.15, 0.2) is 6.61 Å². The maximum absolute atomic E-state index is 13.1. The van der Waals surface area contributed by atoms with Gasteiger partial charge in [0, 0.05) is 11.3 Å². The zero-order valence-electron chi connectivity index (χ0n) is 19.2. The van der Waals surface area contributed by atoms with Gasteiger partial charge in [0.25, 0.3) is 17.7 Å². The molecule has 0 bridgehead atoms. The predicted octanol–water partition coefficient (Wildman–Crippen LogP) is 3.99. The molecule has 1 aliphatic heterocycles. The number of barbiturate groups is 1. The number of anilines is 2. The van der Waals surface area contributed by atoms with Gasteiger partial charge >= 0.3 is 6.03 Å². The van der Waals surface area contributed by atoms with E-state index < -0.39 is 17.8 Å². The van der Waals surface area contributed by atoms with Gasteiger partial charge in [-0.2, -0.15) is 0 Å². The number of ether oxygens (including phenoxy) is 1. The number of para-hydroxylation sites is 1. The summed E-state index contributed by atoms with van der Waals surface area (Å²) in [5.74, 6) is -1.62. The standard InChI is InChI=1S/C27H23N3O5/c1-17-7-11-20(12-8-17)28-24(31)16-35-23-6-4-3-5-19(23)15-22-25(32)29-27(34)30(26(22)33)21-13-9-18(2)10-14-21/h3-15H,16H2,1-2H3,(H,28,31)(H,29,32,34)/b22-15+. The van der Waals surface area contributed by atoms with E-state index in [1.807, 2.05) is 26.0 Å². The number of benzene rings is 3. The molecular weight excluding hydrogens is 446 g/mol. The van der Waals surface area contributed by atoms with Gasteiger partial charge in [0.05, 0.1) is 5.69 Å². The van der Waals surface area contributed by atoms with E-state index >= 15 is 0 Å². The highest BCUT2D eigenvalue weighted by Crippen LogP contribution is 2.25. The summed E-state index contributed by atoms with van der Waals surface area (Å²) in [7, 11) is 0. The molecule has 0 unspecified atom stereocenters. The Morgan fingerprint density at radius 1 is 0.914 bits per heavy atom. The lowest BCUT2D eigenvalue weighted by molar-refractivity contribution is -0.122. The van der Waals surface area contributed by atoms with Crippen LogP contribution in [-0.2, 0) is 14.4 Å². The van der Waals surface area contributed by atoms with Crippen LogP contribution in [0.5, 0.6) is 5.75 Å². The lowest BCUT2D eigenvalue weighted by Crippen LogP contribution is -2.54. The maximum atomic E-state index is 13.1. The summed E-state index contributed by atoms with van der Waals surface area (Å²) in [5.41, 5.74) is 3.20. The molecule has 0 aliphatic carbocycles. The first-order chi connectivity index (χ1) is 16.8. The molecule has 1 heterocycles. The Morgan fingerprint density at radius 3 is 2.23 bits per heavy atom. The van der Waals surface area contributed by atoms with Gasteiger partial charge in [0.2, 0.25) is 0 Å². The van der Waals surface area contributed by atoms with Gasteiger partial charge in [0.1, 0.15) is 11.3 Å². The van der Waals surface area contributed by atoms with Crippen LogP contribution in [0, 0.1) is 13.8 Å². The number of imide groups is 2. The molecule has 0 saturated carbocycles. The number of carbonyl (C=O) groups excluding carboxylic acids is 4. The third kappa shape index (κ3) is 5.44. The number of nitrogens with zero attached hydrogens (tertiary/aromatic N) is 1. The van der Waals surface area contributed by atoms with Crippen LogP contribution in [-0.4, -0.2) is 30.4 Å². The highest BCUT2D eigenvalue weighted by Gasteiger charge is 2.36. The Labute approximate surface area is 202 Å². The second-order valence-electron chi connectivity index (χ2n) is 8.03. The minimum Gasteiger partial charge on any atom is -0.483 e. The summed E-state index contributed by atoms with van der Waals surface area (Å²) in [6, 6.07) is 20.0. The van der Waals surface area contributed by atoms with Crippen LogP contribution in [0.3, 0.4) is 0 Å². The van der Waals surface area contributed by atoms with Gasteiger partial charge < -0.3 is 10.1 Å². The smallest absolute Gasteiger partial charge is 0.335 e. The van der Waals surface area contributed by atoms with E-state index in [-0.39, 0.29) is 18.1 Å². The number of nitrogens with one attached hydrogen (secondary N) is 2. The topological polar surface area (TPSA) is 105 Å². The molecule has 0 atom stereocenters. The van der Waals surface area contributed by atoms with E-state index in [1.165, 1.54) is 6.08 Å². The molecule has 176 valence electrons. The van der Waals surface area contributed by atoms with Crippen molar-refractivity contribution in [3.63, 3.8) is 0 Å². The summed E-state index contributed by atoms with van der Waals surface area (Å²) >= 11 is 0. The van der Waals surface area contributed by atoms with Gasteiger partial charge in [-0.05, 0) is 50.3 Å². The summed E-state index contributed by atoms with van der Waals surface area (Å²) in [5, 5.41) is 4.94. The van der Waals surface area contributed by atoms with Crippen LogP contribution in [0.15, 0.2) is 78.4 Å². The Kier molecular flexibility index (Phi) is 6.73. The Balaban J connectivity index is 1.53. The number of hydrogen-bond donors (Lipinski definition) is 2. The summed E-state index contributed by atoms with van der Waals surface area (Å²) in [6.45, 7) is 3.56. The fourth-order valence-electron chi connectivity index (χ4n) is 3.45. The first-order valence-electron chi connectivity index (χ1n) is 10.9. The first kappa shape index (κ1) is 23.4. The van der Waals surface area contributed by atoms with Crippen molar-refractivity contribution in [2.75, 3.05) is 16.8 Å². The van der Waals surface area contributed by atoms with Gasteiger partial charge in [-0.15, -0.1) is 0 Å². The third-order valence-electron chi connectivity index (χ3n) is 5.31. The van der Waals surface area contributed by atoms with Crippen molar-refractivity contribution >= 4 is 41.2 Å². The van der Waals surface area contributed by atoms with Gasteiger partial charge in [-0.25, -0.2) is 9.69 Å². The first-order valence-corrected chi connectivity index (χ1v) is 10.9. The number of hydrogen-bond acceptors (Lipinski definition) is 5. The summed E-state index contributed by atoms with van der Waals surface area (Å²) < 4.78 is 5.67. The van der Waals surface area contributed by atoms with Crippen molar-refractivity contribution in [3.05, 3.63) is 95.1 Å². The monoisotopic (exact) mass is 469 g/mol. The number of aryl methyl sites for hydroxylation is 2. The molecule has 1 saturated heterocycles. The van der Waals surface area contributed by atoms with Crippen LogP contribution < -0.4 is 20.3 Å². The van der Waals surface area contributed by atoms with E-state index in [9.17, 15) is 19.2 Å². The van der Waals surface area contributed by atoms with Crippen LogP contribution in [0.25, 0.3) is 6.08 Å². The molecule has 8 heteroatoms. The number of rotatable bonds is 6. The van der Waals surface area contributed by atoms with E-state index in [2.05, 4.69) is 10.6 Å². The fourth-order valence-corrected chi connectivity index (χ4v) is 3.45. The zero-order chi connectivity index (χ0) is 24.9. The molecule has 0 aromatic heterocycles. The van der Waals surface area contributed by atoms with E-state index in [0.717, 1.165) is 16.0 Å². The third-order valence-corrected chi connectivity index (χ3v) is 5.31. The molecule has 5 amide bonds. The van der Waals surface area contributed by atoms with Crippen molar-refractivity contribution in [3.8, 4) is 5.75 Å². The number of amides is 5. The second-order valence-corrected chi connectivity index (χ2v) is 8.03. The van der Waals surface area contributed by atoms with E-state index in [4.69, 9.17) is 4.74 Å². The highest BCUT2D eigenvalue weighted by atomic mass is 16.5. The van der Waals surface area contributed by atoms with Gasteiger partial charge in [-0.3, -0.25) is 19.7 Å². The fraction of sp³-hybridized carbons (Fsp3) is 0.111. The molecule has 1 fully saturated rings. The van der Waals surface area contributed by atoms with Crippen molar-refractivity contribution in [2.45, 2.75) is 13.8 Å². The van der Waals surface area contributed by atoms with Crippen molar-refractivity contribution in [2.24, 2.45) is 0 Å². The van der Waals surface area contributed by atoms with Crippen LogP contribution >= 0.6 is 0 Å². The molecule has 0 radical (unpaired) electrons. The molecule has 2 N–H and O–H groups in total. The van der Waals surface area contributed by atoms with Crippen molar-refractivity contribution in [1.82, 2.24) is 5.32 Å². The van der Waals surface area contributed by atoms with Crippen molar-refractivity contribution < 1.29 is 23.9 Å². The lowest BCUT2D eigenvalue weighted by atomic mass is 10.1. The SMILES string of the molecule is Cc1ccc(NC(=O)COc2ccccc2/C=C2\C(=O)NC(=O)N(c3ccc(C)cc3)C2=O)cc1. The Bertz CT molecular complexity index is 1330. The Hall–Kier alpha value is -4.72. The zero-order valence-corrected chi connectivity index (χ0v) is 19.2. The summed E-state index contributed by atoms with van der Waals surface area (Å²) in [4.78, 5) is 51.2. The molecule has 8 nitrogen and oxygen atoms in total. The van der Waals surface area contributed by atoms with Crippen LogP contribution in [0.1, 0.15) is 16.7 Å². The largest absolute Gasteiger partial charge is 0.483 e. The average Bonchev–Trinajstić information content (AvgIpc) is 2.83. The van der Waals surface area contributed by atoms with Crippen LogP contribution in [0.4, 0.5) is 16.2 Å². The molecule has 1 aliphatic rings. The average molecular weight is 469 g/mol. The minimum atomic E-state index is -0.821. The molecular formula is C27H23N3O5.